The lowest BCUT2D eigenvalue weighted by Gasteiger charge is -2.19. The predicted octanol–water partition coefficient (Wildman–Crippen LogP) is 4.99. The van der Waals surface area contributed by atoms with Gasteiger partial charge in [-0.25, -0.2) is 8.42 Å². The van der Waals surface area contributed by atoms with Crippen LogP contribution in [-0.4, -0.2) is 20.1 Å². The molecule has 1 N–H and O–H groups in total. The summed E-state index contributed by atoms with van der Waals surface area (Å²) in [5.74, 6) is -1.39. The van der Waals surface area contributed by atoms with E-state index in [1.54, 1.807) is 0 Å². The molecule has 31 heavy (non-hydrogen) atoms. The van der Waals surface area contributed by atoms with E-state index in [9.17, 15) is 31.2 Å². The largest absolute Gasteiger partial charge is 0.416 e. The number of carbonyl (C=O) groups excluding carboxylic acids is 2. The molecule has 1 aliphatic heterocycles. The van der Waals surface area contributed by atoms with Crippen LogP contribution >= 0.6 is 11.6 Å². The molecule has 3 aromatic rings. The van der Waals surface area contributed by atoms with Crippen LogP contribution in [0.4, 0.5) is 18.9 Å². The van der Waals surface area contributed by atoms with Crippen LogP contribution in [0, 0.1) is 0 Å². The Morgan fingerprint density at radius 3 is 2.29 bits per heavy atom. The summed E-state index contributed by atoms with van der Waals surface area (Å²) in [5.41, 5.74) is -1.52. The minimum absolute atomic E-state index is 0.0305. The molecule has 5 nitrogen and oxygen atoms in total. The van der Waals surface area contributed by atoms with E-state index in [1.807, 2.05) is 0 Å². The van der Waals surface area contributed by atoms with Crippen LogP contribution in [0.15, 0.2) is 70.5 Å². The summed E-state index contributed by atoms with van der Waals surface area (Å²) in [6.45, 7) is 0. The average Bonchev–Trinajstić information content (AvgIpc) is 2.72. The number of amides is 1. The Hall–Kier alpha value is -3.17. The van der Waals surface area contributed by atoms with Crippen molar-refractivity contribution in [2.75, 3.05) is 5.32 Å². The lowest BCUT2D eigenvalue weighted by Crippen LogP contribution is -2.21. The zero-order valence-corrected chi connectivity index (χ0v) is 16.9. The summed E-state index contributed by atoms with van der Waals surface area (Å²) < 4.78 is 64.7. The fraction of sp³-hybridized carbons (Fsp3) is 0.0476. The van der Waals surface area contributed by atoms with Gasteiger partial charge in [0.25, 0.3) is 5.91 Å². The van der Waals surface area contributed by atoms with Crippen molar-refractivity contribution < 1.29 is 31.2 Å². The van der Waals surface area contributed by atoms with E-state index in [0.717, 1.165) is 18.2 Å². The van der Waals surface area contributed by atoms with E-state index in [-0.39, 0.29) is 37.2 Å². The lowest BCUT2D eigenvalue weighted by molar-refractivity contribution is -0.137. The first-order chi connectivity index (χ1) is 14.5. The van der Waals surface area contributed by atoms with Crippen molar-refractivity contribution in [3.8, 4) is 0 Å². The summed E-state index contributed by atoms with van der Waals surface area (Å²) in [5, 5.41) is 2.12. The van der Waals surface area contributed by atoms with Gasteiger partial charge in [0, 0.05) is 16.7 Å². The molecule has 0 spiro atoms. The van der Waals surface area contributed by atoms with Crippen molar-refractivity contribution in [1.29, 1.82) is 0 Å². The number of hydrogen-bond donors (Lipinski definition) is 1. The number of carbonyl (C=O) groups is 2. The second-order valence-corrected chi connectivity index (χ2v) is 8.98. The monoisotopic (exact) mass is 465 g/mol. The molecule has 1 aliphatic rings. The van der Waals surface area contributed by atoms with Crippen LogP contribution in [-0.2, 0) is 16.0 Å². The maximum atomic E-state index is 13.0. The van der Waals surface area contributed by atoms with Gasteiger partial charge in [-0.1, -0.05) is 23.7 Å². The Kier molecular flexibility index (Phi) is 4.90. The van der Waals surface area contributed by atoms with Crippen LogP contribution in [0.25, 0.3) is 0 Å². The summed E-state index contributed by atoms with van der Waals surface area (Å²) in [6.07, 6.45) is -4.64. The summed E-state index contributed by atoms with van der Waals surface area (Å²) in [4.78, 5) is 24.8. The first-order valence-corrected chi connectivity index (χ1v) is 10.6. The molecule has 0 saturated heterocycles. The average molecular weight is 466 g/mol. The first-order valence-electron chi connectivity index (χ1n) is 8.71. The lowest BCUT2D eigenvalue weighted by atomic mass is 10.0. The van der Waals surface area contributed by atoms with Gasteiger partial charge < -0.3 is 5.32 Å². The molecule has 0 fully saturated rings. The molecule has 0 atom stereocenters. The quantitative estimate of drug-likeness (QED) is 0.452. The fourth-order valence-electron chi connectivity index (χ4n) is 3.22. The second-order valence-electron chi connectivity index (χ2n) is 6.69. The van der Waals surface area contributed by atoms with E-state index in [4.69, 9.17) is 11.6 Å². The van der Waals surface area contributed by atoms with Crippen molar-refractivity contribution in [2.45, 2.75) is 16.0 Å². The number of nitrogens with one attached hydrogen (secondary N) is 1. The van der Waals surface area contributed by atoms with Gasteiger partial charge in [0.1, 0.15) is 0 Å². The highest BCUT2D eigenvalue weighted by Gasteiger charge is 2.35. The van der Waals surface area contributed by atoms with Crippen LogP contribution in [0.5, 0.6) is 0 Å². The summed E-state index contributed by atoms with van der Waals surface area (Å²) in [6, 6.07) is 11.6. The maximum absolute atomic E-state index is 13.0. The van der Waals surface area contributed by atoms with Crippen molar-refractivity contribution >= 4 is 38.8 Å². The molecule has 0 bridgehead atoms. The van der Waals surface area contributed by atoms with Gasteiger partial charge in [-0.15, -0.1) is 0 Å². The Morgan fingerprint density at radius 2 is 1.58 bits per heavy atom. The third-order valence-electron chi connectivity index (χ3n) is 4.74. The van der Waals surface area contributed by atoms with Crippen LogP contribution in [0.2, 0.25) is 5.02 Å². The van der Waals surface area contributed by atoms with E-state index in [2.05, 4.69) is 5.32 Å². The molecular weight excluding hydrogens is 455 g/mol. The van der Waals surface area contributed by atoms with Crippen LogP contribution in [0.1, 0.15) is 31.8 Å². The fourth-order valence-corrected chi connectivity index (χ4v) is 5.06. The van der Waals surface area contributed by atoms with E-state index in [1.165, 1.54) is 36.4 Å². The third kappa shape index (κ3) is 3.60. The molecule has 0 saturated carbocycles. The molecule has 3 aromatic carbocycles. The zero-order chi connectivity index (χ0) is 22.6. The topological polar surface area (TPSA) is 80.3 Å². The Labute approximate surface area is 179 Å². The van der Waals surface area contributed by atoms with Crippen molar-refractivity contribution in [1.82, 2.24) is 0 Å². The predicted molar refractivity (Wildman–Crippen MR) is 106 cm³/mol. The number of benzene rings is 3. The smallest absolute Gasteiger partial charge is 0.321 e. The Bertz CT molecular complexity index is 1370. The normalized spacial score (nSPS) is 14.5. The molecule has 10 heteroatoms. The highest BCUT2D eigenvalue weighted by Crippen LogP contribution is 2.36. The Balaban J connectivity index is 1.73. The zero-order valence-electron chi connectivity index (χ0n) is 15.3. The number of anilines is 1. The Morgan fingerprint density at radius 1 is 0.903 bits per heavy atom. The number of ketones is 1. The molecule has 4 rings (SSSR count). The summed E-state index contributed by atoms with van der Waals surface area (Å²) >= 11 is 5.89. The molecular formula is C21H11ClF3NO4S. The van der Waals surface area contributed by atoms with Crippen molar-refractivity contribution in [3.63, 3.8) is 0 Å². The first kappa shape index (κ1) is 21.1. The SMILES string of the molecule is O=C(Nc1cc(C(F)(F)F)ccc1Cl)c1ccc2c(c1)S(=O)(=O)c1ccccc1C2=O. The molecule has 1 heterocycles. The second kappa shape index (κ2) is 7.21. The molecule has 0 radical (unpaired) electrons. The van der Waals surface area contributed by atoms with Gasteiger partial charge in [-0.3, -0.25) is 9.59 Å². The summed E-state index contributed by atoms with van der Waals surface area (Å²) in [7, 11) is -4.07. The maximum Gasteiger partial charge on any atom is 0.416 e. The minimum Gasteiger partial charge on any atom is -0.321 e. The third-order valence-corrected chi connectivity index (χ3v) is 6.92. The van der Waals surface area contributed by atoms with Gasteiger partial charge >= 0.3 is 6.18 Å². The number of hydrogen-bond acceptors (Lipinski definition) is 4. The molecule has 0 aromatic heterocycles. The van der Waals surface area contributed by atoms with E-state index < -0.39 is 33.3 Å². The van der Waals surface area contributed by atoms with Crippen LogP contribution in [0.3, 0.4) is 0 Å². The minimum atomic E-state index is -4.64. The van der Waals surface area contributed by atoms with Gasteiger partial charge in [0.05, 0.1) is 26.1 Å². The van der Waals surface area contributed by atoms with Gasteiger partial charge in [-0.2, -0.15) is 13.2 Å². The van der Waals surface area contributed by atoms with Gasteiger partial charge in [0.2, 0.25) is 9.84 Å². The molecule has 1 amide bonds. The number of alkyl halides is 3. The number of halogens is 4. The molecule has 0 aliphatic carbocycles. The van der Waals surface area contributed by atoms with Crippen LogP contribution < -0.4 is 5.32 Å². The number of fused-ring (bicyclic) bond motifs is 2. The van der Waals surface area contributed by atoms with E-state index in [0.29, 0.717) is 6.07 Å². The highest BCUT2D eigenvalue weighted by molar-refractivity contribution is 7.91. The highest BCUT2D eigenvalue weighted by atomic mass is 35.5. The van der Waals surface area contributed by atoms with Gasteiger partial charge in [0.15, 0.2) is 5.78 Å². The van der Waals surface area contributed by atoms with Gasteiger partial charge in [-0.05, 0) is 48.5 Å². The van der Waals surface area contributed by atoms with E-state index >= 15 is 0 Å². The molecule has 0 unspecified atom stereocenters. The molecule has 158 valence electrons. The standard InChI is InChI=1S/C21H11ClF3NO4S/c22-15-8-6-12(21(23,24)25)10-16(15)26-20(28)11-5-7-14-18(9-11)31(29,30)17-4-2-1-3-13(17)19(14)27/h1-10H,(H,26,28). The number of rotatable bonds is 2. The number of sulfone groups is 1. The van der Waals surface area contributed by atoms with Crippen molar-refractivity contribution in [3.05, 3.63) is 87.9 Å². The van der Waals surface area contributed by atoms with Crippen molar-refractivity contribution in [2.24, 2.45) is 0 Å².